The molecule has 0 radical (unpaired) electrons. The van der Waals surface area contributed by atoms with Gasteiger partial charge in [-0.1, -0.05) is 6.07 Å². The summed E-state index contributed by atoms with van der Waals surface area (Å²) in [5.74, 6) is 0.194. The minimum absolute atomic E-state index is 0.345. The molecule has 0 saturated carbocycles. The fourth-order valence-electron chi connectivity index (χ4n) is 1.75. The van der Waals surface area contributed by atoms with E-state index in [1.807, 2.05) is 24.4 Å². The molecule has 0 bridgehead atoms. The number of rotatable bonds is 1. The smallest absolute Gasteiger partial charge is 0.170 e. The zero-order chi connectivity index (χ0) is 11.8. The molecule has 0 fully saturated rings. The van der Waals surface area contributed by atoms with Crippen molar-refractivity contribution in [2.45, 2.75) is 0 Å². The molecular weight excluding hydrogens is 219 g/mol. The van der Waals surface area contributed by atoms with Gasteiger partial charge in [0.1, 0.15) is 5.82 Å². The van der Waals surface area contributed by atoms with E-state index in [-0.39, 0.29) is 5.82 Å². The SMILES string of the molecule is Nc1ccc(F)cc1-c1nnc2ccccn12. The van der Waals surface area contributed by atoms with Crippen LogP contribution in [0.3, 0.4) is 0 Å². The van der Waals surface area contributed by atoms with Gasteiger partial charge in [-0.05, 0) is 30.3 Å². The Morgan fingerprint density at radius 3 is 2.88 bits per heavy atom. The van der Waals surface area contributed by atoms with Crippen LogP contribution in [0.25, 0.3) is 17.0 Å². The Kier molecular flexibility index (Phi) is 2.04. The third-order valence-electron chi connectivity index (χ3n) is 2.57. The molecule has 17 heavy (non-hydrogen) atoms. The first-order valence-corrected chi connectivity index (χ1v) is 5.11. The van der Waals surface area contributed by atoms with Crippen molar-refractivity contribution in [3.63, 3.8) is 0 Å². The van der Waals surface area contributed by atoms with Gasteiger partial charge >= 0.3 is 0 Å². The molecule has 0 amide bonds. The van der Waals surface area contributed by atoms with Crippen LogP contribution in [0.1, 0.15) is 0 Å². The summed E-state index contributed by atoms with van der Waals surface area (Å²) in [6.45, 7) is 0. The molecule has 84 valence electrons. The highest BCUT2D eigenvalue weighted by Crippen LogP contribution is 2.25. The highest BCUT2D eigenvalue weighted by atomic mass is 19.1. The maximum absolute atomic E-state index is 13.2. The number of nitrogens with zero attached hydrogens (tertiary/aromatic N) is 3. The molecule has 2 N–H and O–H groups in total. The highest BCUT2D eigenvalue weighted by Gasteiger charge is 2.11. The molecule has 4 nitrogen and oxygen atoms in total. The van der Waals surface area contributed by atoms with E-state index in [1.165, 1.54) is 18.2 Å². The Morgan fingerprint density at radius 2 is 2.00 bits per heavy atom. The summed E-state index contributed by atoms with van der Waals surface area (Å²) in [6.07, 6.45) is 1.81. The average molecular weight is 228 g/mol. The monoisotopic (exact) mass is 228 g/mol. The largest absolute Gasteiger partial charge is 0.398 e. The molecule has 0 spiro atoms. The van der Waals surface area contributed by atoms with Gasteiger partial charge in [0.15, 0.2) is 11.5 Å². The van der Waals surface area contributed by atoms with Crippen molar-refractivity contribution in [1.29, 1.82) is 0 Å². The molecule has 2 heterocycles. The van der Waals surface area contributed by atoms with Crippen LogP contribution in [0.2, 0.25) is 0 Å². The molecule has 2 aromatic heterocycles. The van der Waals surface area contributed by atoms with Crippen LogP contribution in [0.5, 0.6) is 0 Å². The first-order valence-electron chi connectivity index (χ1n) is 5.11. The van der Waals surface area contributed by atoms with Crippen molar-refractivity contribution in [3.05, 3.63) is 48.4 Å². The van der Waals surface area contributed by atoms with E-state index < -0.39 is 0 Å². The summed E-state index contributed by atoms with van der Waals surface area (Å²) in [4.78, 5) is 0. The lowest BCUT2D eigenvalue weighted by Crippen LogP contribution is -1.95. The van der Waals surface area contributed by atoms with Crippen molar-refractivity contribution >= 4 is 11.3 Å². The second-order valence-electron chi connectivity index (χ2n) is 3.68. The fraction of sp³-hybridized carbons (Fsp3) is 0. The van der Waals surface area contributed by atoms with Crippen LogP contribution < -0.4 is 5.73 Å². The van der Waals surface area contributed by atoms with Gasteiger partial charge in [0.2, 0.25) is 0 Å². The van der Waals surface area contributed by atoms with E-state index in [4.69, 9.17) is 5.73 Å². The van der Waals surface area contributed by atoms with E-state index in [2.05, 4.69) is 10.2 Å². The molecule has 0 aliphatic rings. The second-order valence-corrected chi connectivity index (χ2v) is 3.68. The van der Waals surface area contributed by atoms with E-state index in [0.717, 1.165) is 0 Å². The fourth-order valence-corrected chi connectivity index (χ4v) is 1.75. The Balaban J connectivity index is 2.31. The van der Waals surface area contributed by atoms with Gasteiger partial charge < -0.3 is 5.73 Å². The predicted octanol–water partition coefficient (Wildman–Crippen LogP) is 2.12. The van der Waals surface area contributed by atoms with Crippen LogP contribution >= 0.6 is 0 Å². The van der Waals surface area contributed by atoms with E-state index in [9.17, 15) is 4.39 Å². The zero-order valence-corrected chi connectivity index (χ0v) is 8.84. The Morgan fingerprint density at radius 1 is 1.12 bits per heavy atom. The molecule has 3 aromatic rings. The quantitative estimate of drug-likeness (QED) is 0.649. The lowest BCUT2D eigenvalue weighted by molar-refractivity contribution is 0.628. The average Bonchev–Trinajstić information content (AvgIpc) is 2.76. The number of hydrogen-bond acceptors (Lipinski definition) is 3. The molecule has 1 aromatic carbocycles. The number of fused-ring (bicyclic) bond motifs is 1. The number of nitrogen functional groups attached to an aromatic ring is 1. The number of anilines is 1. The van der Waals surface area contributed by atoms with Gasteiger partial charge in [-0.2, -0.15) is 0 Å². The van der Waals surface area contributed by atoms with Gasteiger partial charge in [-0.3, -0.25) is 4.40 Å². The summed E-state index contributed by atoms with van der Waals surface area (Å²) in [5.41, 5.74) is 7.55. The van der Waals surface area contributed by atoms with E-state index in [1.54, 1.807) is 4.40 Å². The van der Waals surface area contributed by atoms with Crippen molar-refractivity contribution in [3.8, 4) is 11.4 Å². The summed E-state index contributed by atoms with van der Waals surface area (Å²) in [6, 6.07) is 9.75. The number of aromatic nitrogens is 3. The standard InChI is InChI=1S/C12H9FN4/c13-8-4-5-10(14)9(7-8)12-16-15-11-3-1-2-6-17(11)12/h1-7H,14H2. The Labute approximate surface area is 96.5 Å². The number of pyridine rings is 1. The number of nitrogens with two attached hydrogens (primary N) is 1. The molecule has 0 unspecified atom stereocenters. The molecule has 0 atom stereocenters. The summed E-state index contributed by atoms with van der Waals surface area (Å²) in [7, 11) is 0. The maximum Gasteiger partial charge on any atom is 0.170 e. The molecule has 0 saturated heterocycles. The number of hydrogen-bond donors (Lipinski definition) is 1. The van der Waals surface area contributed by atoms with Gasteiger partial charge in [0, 0.05) is 17.4 Å². The molecule has 0 aliphatic heterocycles. The zero-order valence-electron chi connectivity index (χ0n) is 8.84. The lowest BCUT2D eigenvalue weighted by atomic mass is 10.1. The van der Waals surface area contributed by atoms with Crippen molar-refractivity contribution in [1.82, 2.24) is 14.6 Å². The van der Waals surface area contributed by atoms with Crippen LogP contribution in [-0.4, -0.2) is 14.6 Å². The topological polar surface area (TPSA) is 56.2 Å². The molecule has 5 heteroatoms. The van der Waals surface area contributed by atoms with Crippen LogP contribution in [0.15, 0.2) is 42.6 Å². The predicted molar refractivity (Wildman–Crippen MR) is 62.8 cm³/mol. The van der Waals surface area contributed by atoms with E-state index >= 15 is 0 Å². The molecule has 3 rings (SSSR count). The first-order chi connectivity index (χ1) is 8.25. The third-order valence-corrected chi connectivity index (χ3v) is 2.57. The van der Waals surface area contributed by atoms with Crippen molar-refractivity contribution < 1.29 is 4.39 Å². The Hall–Kier alpha value is -2.43. The number of benzene rings is 1. The van der Waals surface area contributed by atoms with Gasteiger partial charge in [0.05, 0.1) is 0 Å². The maximum atomic E-state index is 13.2. The van der Waals surface area contributed by atoms with Crippen LogP contribution in [0.4, 0.5) is 10.1 Å². The molecular formula is C12H9FN4. The summed E-state index contributed by atoms with van der Waals surface area (Å²) in [5, 5.41) is 8.03. The number of halogens is 1. The van der Waals surface area contributed by atoms with Gasteiger partial charge in [-0.25, -0.2) is 4.39 Å². The first kappa shape index (κ1) is 9.77. The van der Waals surface area contributed by atoms with Gasteiger partial charge in [-0.15, -0.1) is 10.2 Å². The second kappa shape index (κ2) is 3.55. The normalized spacial score (nSPS) is 10.9. The van der Waals surface area contributed by atoms with Crippen LogP contribution in [-0.2, 0) is 0 Å². The Bertz CT molecular complexity index is 690. The van der Waals surface area contributed by atoms with Gasteiger partial charge in [0.25, 0.3) is 0 Å². The minimum atomic E-state index is -0.345. The third kappa shape index (κ3) is 1.52. The van der Waals surface area contributed by atoms with Crippen LogP contribution in [0, 0.1) is 5.82 Å². The highest BCUT2D eigenvalue weighted by molar-refractivity contribution is 5.72. The van der Waals surface area contributed by atoms with E-state index in [0.29, 0.717) is 22.7 Å². The summed E-state index contributed by atoms with van der Waals surface area (Å²) < 4.78 is 15.0. The minimum Gasteiger partial charge on any atom is -0.398 e. The molecule has 0 aliphatic carbocycles. The lowest BCUT2D eigenvalue weighted by Gasteiger charge is -2.03. The van der Waals surface area contributed by atoms with Crippen molar-refractivity contribution in [2.75, 3.05) is 5.73 Å². The van der Waals surface area contributed by atoms with Crippen molar-refractivity contribution in [2.24, 2.45) is 0 Å². The summed E-state index contributed by atoms with van der Waals surface area (Å²) >= 11 is 0.